The summed E-state index contributed by atoms with van der Waals surface area (Å²) in [4.78, 5) is 35.2. The first-order valence-corrected chi connectivity index (χ1v) is 11.4. The van der Waals surface area contributed by atoms with E-state index in [0.717, 1.165) is 28.5 Å². The number of rotatable bonds is 7. The Morgan fingerprint density at radius 1 is 0.941 bits per heavy atom. The van der Waals surface area contributed by atoms with Gasteiger partial charge in [-0.05, 0) is 35.7 Å². The van der Waals surface area contributed by atoms with Crippen LogP contribution in [0.1, 0.15) is 29.4 Å². The van der Waals surface area contributed by atoms with Crippen molar-refractivity contribution in [1.29, 1.82) is 0 Å². The zero-order chi connectivity index (χ0) is 23.5. The Morgan fingerprint density at radius 2 is 1.74 bits per heavy atom. The van der Waals surface area contributed by atoms with Gasteiger partial charge in [-0.2, -0.15) is 0 Å². The number of carbonyl (C=O) groups is 1. The van der Waals surface area contributed by atoms with Crippen molar-refractivity contribution in [2.24, 2.45) is 0 Å². The fourth-order valence-corrected chi connectivity index (χ4v) is 4.19. The molecule has 0 atom stereocenters. The maximum absolute atomic E-state index is 13.5. The molecule has 0 unspecified atom stereocenters. The lowest BCUT2D eigenvalue weighted by molar-refractivity contribution is -0.131. The molecule has 0 radical (unpaired) electrons. The van der Waals surface area contributed by atoms with Gasteiger partial charge in [0.15, 0.2) is 0 Å². The maximum atomic E-state index is 13.5. The molecule has 2 aromatic heterocycles. The first-order chi connectivity index (χ1) is 16.6. The van der Waals surface area contributed by atoms with Gasteiger partial charge in [0.05, 0.1) is 30.1 Å². The molecule has 0 bridgehead atoms. The summed E-state index contributed by atoms with van der Waals surface area (Å²) in [5.41, 5.74) is 4.24. The minimum Gasteiger partial charge on any atom is -0.464 e. The van der Waals surface area contributed by atoms with Gasteiger partial charge in [0.1, 0.15) is 11.4 Å². The SMILES string of the molecule is CCc1ccc2c(CC(=O)N(Cc3ccccc3)Cc3nc4ccccc4c(=O)[nH]3)coc2c1. The highest BCUT2D eigenvalue weighted by Gasteiger charge is 2.19. The summed E-state index contributed by atoms with van der Waals surface area (Å²) in [6.45, 7) is 2.71. The molecule has 0 spiro atoms. The summed E-state index contributed by atoms with van der Waals surface area (Å²) in [5.74, 6) is 0.388. The highest BCUT2D eigenvalue weighted by atomic mass is 16.3. The molecule has 3 aromatic carbocycles. The number of nitrogens with zero attached hydrogens (tertiary/aromatic N) is 2. The van der Waals surface area contributed by atoms with Gasteiger partial charge in [0.25, 0.3) is 5.56 Å². The van der Waals surface area contributed by atoms with E-state index in [1.54, 1.807) is 23.3 Å². The van der Waals surface area contributed by atoms with E-state index in [2.05, 4.69) is 23.0 Å². The zero-order valence-electron chi connectivity index (χ0n) is 19.0. The third-order valence-electron chi connectivity index (χ3n) is 6.04. The number of hydrogen-bond acceptors (Lipinski definition) is 4. The van der Waals surface area contributed by atoms with Crippen molar-refractivity contribution in [2.75, 3.05) is 0 Å². The predicted molar refractivity (Wildman–Crippen MR) is 132 cm³/mol. The molecule has 6 heteroatoms. The van der Waals surface area contributed by atoms with Crippen LogP contribution in [0.4, 0.5) is 0 Å². The van der Waals surface area contributed by atoms with Crippen molar-refractivity contribution >= 4 is 27.8 Å². The first kappa shape index (κ1) is 21.6. The van der Waals surface area contributed by atoms with Crippen LogP contribution < -0.4 is 5.56 Å². The van der Waals surface area contributed by atoms with Gasteiger partial charge >= 0.3 is 0 Å². The average Bonchev–Trinajstić information content (AvgIpc) is 3.26. The molecule has 34 heavy (non-hydrogen) atoms. The minimum absolute atomic E-state index is 0.0677. The van der Waals surface area contributed by atoms with Crippen LogP contribution >= 0.6 is 0 Å². The van der Waals surface area contributed by atoms with Crippen LogP contribution in [0.25, 0.3) is 21.9 Å². The zero-order valence-corrected chi connectivity index (χ0v) is 19.0. The van der Waals surface area contributed by atoms with Gasteiger partial charge in [0.2, 0.25) is 5.91 Å². The lowest BCUT2D eigenvalue weighted by Crippen LogP contribution is -2.32. The van der Waals surface area contributed by atoms with E-state index < -0.39 is 0 Å². The molecule has 5 aromatic rings. The Balaban J connectivity index is 1.45. The number of amides is 1. The number of aromatic amines is 1. The summed E-state index contributed by atoms with van der Waals surface area (Å²) in [7, 11) is 0. The molecule has 0 saturated carbocycles. The van der Waals surface area contributed by atoms with Crippen LogP contribution in [0.5, 0.6) is 0 Å². The standard InChI is InChI=1S/C28H25N3O3/c1-2-19-12-13-22-21(18-34-25(22)14-19)15-27(32)31(16-20-8-4-3-5-9-20)17-26-29-24-11-7-6-10-23(24)28(33)30-26/h3-14,18H,2,15-17H2,1H3,(H,29,30,33). The van der Waals surface area contributed by atoms with Crippen molar-refractivity contribution < 1.29 is 9.21 Å². The molecule has 5 rings (SSSR count). The van der Waals surface area contributed by atoms with Gasteiger partial charge in [0, 0.05) is 17.5 Å². The van der Waals surface area contributed by atoms with E-state index in [4.69, 9.17) is 4.42 Å². The lowest BCUT2D eigenvalue weighted by Gasteiger charge is -2.22. The molecule has 1 amide bonds. The van der Waals surface area contributed by atoms with Crippen LogP contribution in [0.15, 0.2) is 88.3 Å². The molecule has 0 saturated heterocycles. The van der Waals surface area contributed by atoms with Gasteiger partial charge in [-0.1, -0.05) is 61.5 Å². The summed E-state index contributed by atoms with van der Waals surface area (Å²) in [6, 6.07) is 23.1. The van der Waals surface area contributed by atoms with Gasteiger partial charge < -0.3 is 14.3 Å². The topological polar surface area (TPSA) is 79.2 Å². The number of fused-ring (bicyclic) bond motifs is 2. The number of H-pyrrole nitrogens is 1. The second-order valence-electron chi connectivity index (χ2n) is 8.39. The van der Waals surface area contributed by atoms with Crippen LogP contribution in [0.2, 0.25) is 0 Å². The van der Waals surface area contributed by atoms with E-state index in [9.17, 15) is 9.59 Å². The second-order valence-corrected chi connectivity index (χ2v) is 8.39. The smallest absolute Gasteiger partial charge is 0.258 e. The summed E-state index contributed by atoms with van der Waals surface area (Å²) in [5, 5.41) is 1.48. The third kappa shape index (κ3) is 4.48. The highest BCUT2D eigenvalue weighted by Crippen LogP contribution is 2.24. The lowest BCUT2D eigenvalue weighted by atomic mass is 10.1. The monoisotopic (exact) mass is 451 g/mol. The Morgan fingerprint density at radius 3 is 2.56 bits per heavy atom. The van der Waals surface area contributed by atoms with E-state index in [1.165, 1.54) is 5.56 Å². The van der Waals surface area contributed by atoms with Crippen molar-refractivity contribution in [1.82, 2.24) is 14.9 Å². The fraction of sp³-hybridized carbons (Fsp3) is 0.179. The second kappa shape index (κ2) is 9.35. The van der Waals surface area contributed by atoms with Crippen molar-refractivity contribution in [3.8, 4) is 0 Å². The molecule has 2 heterocycles. The largest absolute Gasteiger partial charge is 0.464 e. The fourth-order valence-electron chi connectivity index (χ4n) is 4.19. The summed E-state index contributed by atoms with van der Waals surface area (Å²) >= 11 is 0. The number of benzene rings is 3. The predicted octanol–water partition coefficient (Wildman–Crippen LogP) is 5.00. The van der Waals surface area contributed by atoms with Crippen molar-refractivity contribution in [3.63, 3.8) is 0 Å². The first-order valence-electron chi connectivity index (χ1n) is 11.4. The maximum Gasteiger partial charge on any atom is 0.258 e. The molecule has 170 valence electrons. The molecule has 0 fully saturated rings. The Kier molecular flexibility index (Phi) is 5.95. The third-order valence-corrected chi connectivity index (χ3v) is 6.04. The number of hydrogen-bond donors (Lipinski definition) is 1. The van der Waals surface area contributed by atoms with Crippen LogP contribution in [-0.2, 0) is 30.7 Å². The van der Waals surface area contributed by atoms with Gasteiger partial charge in [-0.25, -0.2) is 4.98 Å². The van der Waals surface area contributed by atoms with E-state index in [0.29, 0.717) is 23.3 Å². The Hall–Kier alpha value is -4.19. The highest BCUT2D eigenvalue weighted by molar-refractivity contribution is 5.88. The Bertz CT molecular complexity index is 1520. The van der Waals surface area contributed by atoms with Crippen LogP contribution in [0, 0.1) is 0 Å². The van der Waals surface area contributed by atoms with Gasteiger partial charge in [-0.3, -0.25) is 9.59 Å². The number of carbonyl (C=O) groups excluding carboxylic acids is 1. The minimum atomic E-state index is -0.208. The van der Waals surface area contributed by atoms with E-state index in [1.807, 2.05) is 54.6 Å². The van der Waals surface area contributed by atoms with E-state index in [-0.39, 0.29) is 24.4 Å². The normalized spacial score (nSPS) is 11.2. The number of aromatic nitrogens is 2. The van der Waals surface area contributed by atoms with Gasteiger partial charge in [-0.15, -0.1) is 0 Å². The van der Waals surface area contributed by atoms with E-state index >= 15 is 0 Å². The number of furan rings is 1. The van der Waals surface area contributed by atoms with Crippen molar-refractivity contribution in [2.45, 2.75) is 32.9 Å². The molecule has 0 aliphatic heterocycles. The molecule has 6 nitrogen and oxygen atoms in total. The quantitative estimate of drug-likeness (QED) is 0.378. The molecular weight excluding hydrogens is 426 g/mol. The number of nitrogens with one attached hydrogen (secondary N) is 1. The number of aryl methyl sites for hydroxylation is 1. The number of para-hydroxylation sites is 1. The Labute approximate surface area is 196 Å². The summed E-state index contributed by atoms with van der Waals surface area (Å²) in [6.07, 6.45) is 2.79. The van der Waals surface area contributed by atoms with Crippen LogP contribution in [0.3, 0.4) is 0 Å². The average molecular weight is 452 g/mol. The molecule has 0 aliphatic rings. The van der Waals surface area contributed by atoms with Crippen LogP contribution in [-0.4, -0.2) is 20.8 Å². The molecule has 0 aliphatic carbocycles. The summed E-state index contributed by atoms with van der Waals surface area (Å²) < 4.78 is 5.74. The molecular formula is C28H25N3O3. The molecule has 1 N–H and O–H groups in total. The van der Waals surface area contributed by atoms with Crippen molar-refractivity contribution in [3.05, 3.63) is 112 Å².